The zero-order valence-electron chi connectivity index (χ0n) is 21.7. The maximum atomic E-state index is 10.7. The van der Waals surface area contributed by atoms with E-state index in [1.807, 2.05) is 0 Å². The molecule has 0 radical (unpaired) electrons. The standard InChI is InChI=1S/C27H55NO4/c1-4-5-6-7-8-9-10-11-12-13-14-15-16-17-18-20-23-28(25(2)29,26(3)30)24-21-19-22-27(31)32/h25-26,29-30H,4-24H2,1-3H3/p+1. The smallest absolute Gasteiger partial charge is 0.303 e. The molecular weight excluding hydrogens is 402 g/mol. The lowest BCUT2D eigenvalue weighted by atomic mass is 10.0. The van der Waals surface area contributed by atoms with Gasteiger partial charge >= 0.3 is 5.97 Å². The van der Waals surface area contributed by atoms with E-state index in [-0.39, 0.29) is 10.9 Å². The second kappa shape index (κ2) is 20.9. The molecule has 192 valence electrons. The number of carboxylic acids is 1. The van der Waals surface area contributed by atoms with Crippen molar-refractivity contribution in [2.24, 2.45) is 0 Å². The number of quaternary nitrogens is 1. The number of rotatable bonds is 24. The molecule has 2 unspecified atom stereocenters. The Labute approximate surface area is 199 Å². The van der Waals surface area contributed by atoms with E-state index < -0.39 is 18.4 Å². The molecule has 0 aromatic heterocycles. The molecule has 5 heteroatoms. The quantitative estimate of drug-likeness (QED) is 0.0827. The molecule has 0 aliphatic carbocycles. The van der Waals surface area contributed by atoms with Crippen molar-refractivity contribution in [1.82, 2.24) is 0 Å². The third kappa shape index (κ3) is 16.0. The Hall–Kier alpha value is -0.650. The van der Waals surface area contributed by atoms with Gasteiger partial charge in [0.05, 0.1) is 13.1 Å². The Morgan fingerprint density at radius 2 is 0.906 bits per heavy atom. The van der Waals surface area contributed by atoms with Gasteiger partial charge in [-0.3, -0.25) is 9.28 Å². The lowest BCUT2D eigenvalue weighted by Crippen LogP contribution is -2.60. The lowest BCUT2D eigenvalue weighted by Gasteiger charge is -2.43. The number of aliphatic hydroxyl groups is 2. The maximum absolute atomic E-state index is 10.7. The summed E-state index contributed by atoms with van der Waals surface area (Å²) in [6.07, 6.45) is 21.4. The molecule has 0 aromatic carbocycles. The van der Waals surface area contributed by atoms with Crippen molar-refractivity contribution < 1.29 is 24.6 Å². The minimum atomic E-state index is -0.782. The average molecular weight is 459 g/mol. The summed E-state index contributed by atoms with van der Waals surface area (Å²) >= 11 is 0. The molecule has 0 saturated heterocycles. The number of hydrogen-bond acceptors (Lipinski definition) is 3. The first-order chi connectivity index (χ1) is 15.4. The van der Waals surface area contributed by atoms with Gasteiger partial charge in [0.2, 0.25) is 0 Å². The molecule has 0 aliphatic rings. The highest BCUT2D eigenvalue weighted by atomic mass is 16.4. The van der Waals surface area contributed by atoms with Crippen molar-refractivity contribution in [3.05, 3.63) is 0 Å². The Kier molecular flexibility index (Phi) is 20.5. The van der Waals surface area contributed by atoms with Crippen LogP contribution >= 0.6 is 0 Å². The molecule has 0 fully saturated rings. The first-order valence-electron chi connectivity index (χ1n) is 13.8. The number of unbranched alkanes of at least 4 members (excludes halogenated alkanes) is 16. The number of hydrogen-bond donors (Lipinski definition) is 3. The molecule has 2 atom stereocenters. The van der Waals surface area contributed by atoms with Crippen molar-refractivity contribution >= 4 is 5.97 Å². The Bertz CT molecular complexity index is 418. The Balaban J connectivity index is 3.77. The maximum Gasteiger partial charge on any atom is 0.303 e. The number of nitrogens with zero attached hydrogens (tertiary/aromatic N) is 1. The summed E-state index contributed by atoms with van der Waals surface area (Å²) in [6.45, 7) is 7.14. The lowest BCUT2D eigenvalue weighted by molar-refractivity contribution is -1.01. The predicted octanol–water partition coefficient (Wildman–Crippen LogP) is 7.00. The highest BCUT2D eigenvalue weighted by Gasteiger charge is 2.36. The van der Waals surface area contributed by atoms with Crippen LogP contribution in [0.2, 0.25) is 0 Å². The van der Waals surface area contributed by atoms with Crippen LogP contribution in [0.4, 0.5) is 0 Å². The van der Waals surface area contributed by atoms with Gasteiger partial charge in [0.1, 0.15) is 0 Å². The van der Waals surface area contributed by atoms with Crippen molar-refractivity contribution in [1.29, 1.82) is 0 Å². The minimum Gasteiger partial charge on any atom is -0.481 e. The van der Waals surface area contributed by atoms with Crippen LogP contribution in [0.3, 0.4) is 0 Å². The zero-order chi connectivity index (χ0) is 24.1. The molecule has 0 rings (SSSR count). The van der Waals surface area contributed by atoms with Crippen LogP contribution in [-0.4, -0.2) is 51.3 Å². The van der Waals surface area contributed by atoms with Crippen molar-refractivity contribution in [3.63, 3.8) is 0 Å². The van der Waals surface area contributed by atoms with E-state index in [1.54, 1.807) is 13.8 Å². The second-order valence-electron chi connectivity index (χ2n) is 9.97. The Morgan fingerprint density at radius 1 is 0.594 bits per heavy atom. The van der Waals surface area contributed by atoms with E-state index in [0.717, 1.165) is 19.4 Å². The van der Waals surface area contributed by atoms with E-state index in [9.17, 15) is 15.0 Å². The van der Waals surface area contributed by atoms with Crippen LogP contribution in [0.15, 0.2) is 0 Å². The van der Waals surface area contributed by atoms with Gasteiger partial charge in [0, 0.05) is 20.3 Å². The first kappa shape index (κ1) is 31.4. The number of aliphatic carboxylic acids is 1. The van der Waals surface area contributed by atoms with Crippen LogP contribution < -0.4 is 0 Å². The summed E-state index contributed by atoms with van der Waals surface area (Å²) in [5.74, 6) is -0.782. The summed E-state index contributed by atoms with van der Waals surface area (Å²) < 4.78 is 0.262. The molecule has 0 spiro atoms. The predicted molar refractivity (Wildman–Crippen MR) is 134 cm³/mol. The monoisotopic (exact) mass is 458 g/mol. The van der Waals surface area contributed by atoms with Crippen molar-refractivity contribution in [3.8, 4) is 0 Å². The van der Waals surface area contributed by atoms with Gasteiger partial charge < -0.3 is 15.3 Å². The first-order valence-corrected chi connectivity index (χ1v) is 13.8. The zero-order valence-corrected chi connectivity index (χ0v) is 21.7. The largest absolute Gasteiger partial charge is 0.481 e. The average Bonchev–Trinajstić information content (AvgIpc) is 2.74. The van der Waals surface area contributed by atoms with Gasteiger partial charge in [-0.1, -0.05) is 96.8 Å². The minimum absolute atomic E-state index is 0.151. The Morgan fingerprint density at radius 3 is 1.22 bits per heavy atom. The third-order valence-corrected chi connectivity index (χ3v) is 7.13. The topological polar surface area (TPSA) is 77.8 Å². The molecule has 0 aromatic rings. The molecule has 0 heterocycles. The fourth-order valence-electron chi connectivity index (χ4n) is 4.81. The van der Waals surface area contributed by atoms with Crippen LogP contribution in [-0.2, 0) is 4.79 Å². The van der Waals surface area contributed by atoms with E-state index in [2.05, 4.69) is 6.92 Å². The normalized spacial score (nSPS) is 15.4. The molecule has 0 amide bonds. The summed E-state index contributed by atoms with van der Waals surface area (Å²) in [6, 6.07) is 0. The van der Waals surface area contributed by atoms with E-state index >= 15 is 0 Å². The van der Waals surface area contributed by atoms with Crippen LogP contribution in [0, 0.1) is 0 Å². The van der Waals surface area contributed by atoms with Gasteiger partial charge in [-0.15, -0.1) is 0 Å². The van der Waals surface area contributed by atoms with E-state index in [0.29, 0.717) is 19.4 Å². The fourth-order valence-corrected chi connectivity index (χ4v) is 4.81. The van der Waals surface area contributed by atoms with Crippen LogP contribution in [0.1, 0.15) is 143 Å². The molecule has 0 bridgehead atoms. The summed E-state index contributed by atoms with van der Waals surface area (Å²) in [5, 5.41) is 29.5. The molecular formula is C27H56NO4+. The second-order valence-corrected chi connectivity index (χ2v) is 9.97. The van der Waals surface area contributed by atoms with Gasteiger partial charge in [0.15, 0.2) is 12.5 Å². The molecule has 5 nitrogen and oxygen atoms in total. The fraction of sp³-hybridized carbons (Fsp3) is 0.963. The molecule has 32 heavy (non-hydrogen) atoms. The molecule has 0 saturated carbocycles. The highest BCUT2D eigenvalue weighted by Crippen LogP contribution is 2.22. The van der Waals surface area contributed by atoms with Crippen molar-refractivity contribution in [2.75, 3.05) is 13.1 Å². The highest BCUT2D eigenvalue weighted by molar-refractivity contribution is 5.66. The summed E-state index contributed by atoms with van der Waals surface area (Å²) in [4.78, 5) is 10.7. The summed E-state index contributed by atoms with van der Waals surface area (Å²) in [5.41, 5.74) is 0. The van der Waals surface area contributed by atoms with Crippen molar-refractivity contribution in [2.45, 2.75) is 155 Å². The third-order valence-electron chi connectivity index (χ3n) is 7.13. The van der Waals surface area contributed by atoms with Crippen LogP contribution in [0.25, 0.3) is 0 Å². The molecule has 0 aliphatic heterocycles. The van der Waals surface area contributed by atoms with Crippen LogP contribution in [0.5, 0.6) is 0 Å². The van der Waals surface area contributed by atoms with E-state index in [4.69, 9.17) is 5.11 Å². The number of aliphatic hydroxyl groups excluding tert-OH is 2. The van der Waals surface area contributed by atoms with Gasteiger partial charge in [-0.25, -0.2) is 0 Å². The van der Waals surface area contributed by atoms with Gasteiger partial charge in [-0.2, -0.15) is 0 Å². The van der Waals surface area contributed by atoms with Gasteiger partial charge in [0.25, 0.3) is 0 Å². The molecule has 3 N–H and O–H groups in total. The SMILES string of the molecule is CCCCCCCCCCCCCCCCCC[N+](CCCCC(=O)O)(C(C)O)C(C)O. The van der Waals surface area contributed by atoms with E-state index in [1.165, 1.54) is 89.9 Å². The number of carboxylic acid groups (broad SMARTS) is 1. The van der Waals surface area contributed by atoms with Gasteiger partial charge in [-0.05, 0) is 25.7 Å². The number of carbonyl (C=O) groups is 1. The summed E-state index contributed by atoms with van der Waals surface area (Å²) in [7, 11) is 0.